The monoisotopic (exact) mass is 426 g/mol. The molecule has 0 radical (unpaired) electrons. The van der Waals surface area contributed by atoms with E-state index in [0.717, 1.165) is 0 Å². The Morgan fingerprint density at radius 2 is 1.27 bits per heavy atom. The van der Waals surface area contributed by atoms with Crippen molar-refractivity contribution in [1.29, 1.82) is 0 Å². The molecule has 166 valence electrons. The lowest BCUT2D eigenvalue weighted by atomic mass is 10.1. The van der Waals surface area contributed by atoms with Crippen LogP contribution in [0.4, 0.5) is 0 Å². The summed E-state index contributed by atoms with van der Waals surface area (Å²) in [6, 6.07) is 5.78. The van der Waals surface area contributed by atoms with Gasteiger partial charge < -0.3 is 29.2 Å². The zero-order valence-corrected chi connectivity index (χ0v) is 16.9. The van der Waals surface area contributed by atoms with E-state index in [1.54, 1.807) is 6.92 Å². The van der Waals surface area contributed by atoms with Gasteiger partial charge in [0.15, 0.2) is 0 Å². The molecule has 0 aromatic heterocycles. The number of ether oxygens (including phenoxy) is 4. The molecule has 0 amide bonds. The second-order valence-corrected chi connectivity index (χ2v) is 6.22. The number of rotatable bonds is 12. The van der Waals surface area contributed by atoms with Crippen molar-refractivity contribution < 1.29 is 48.3 Å². The fraction of sp³-hybridized carbons (Fsp3) is 0.500. The third kappa shape index (κ3) is 9.01. The predicted molar refractivity (Wildman–Crippen MR) is 102 cm³/mol. The molecule has 0 aliphatic rings. The summed E-state index contributed by atoms with van der Waals surface area (Å²) in [5, 5.41) is 19.3. The molecule has 0 bridgehead atoms. The van der Waals surface area contributed by atoms with E-state index in [1.165, 1.54) is 31.4 Å². The molecular formula is C20H26O10. The van der Waals surface area contributed by atoms with Gasteiger partial charge in [-0.2, -0.15) is 0 Å². The Balaban J connectivity index is 2.52. The number of benzene rings is 1. The van der Waals surface area contributed by atoms with Crippen molar-refractivity contribution in [3.05, 3.63) is 35.4 Å². The topological polar surface area (TPSA) is 146 Å². The van der Waals surface area contributed by atoms with Gasteiger partial charge in [-0.1, -0.05) is 19.1 Å². The number of aliphatic hydroxyl groups excluding tert-OH is 2. The van der Waals surface area contributed by atoms with Crippen LogP contribution in [0.2, 0.25) is 0 Å². The minimum absolute atomic E-state index is 0.0467. The van der Waals surface area contributed by atoms with Crippen LogP contribution < -0.4 is 0 Å². The Morgan fingerprint density at radius 1 is 0.800 bits per heavy atom. The third-order valence-corrected chi connectivity index (χ3v) is 3.85. The Bertz CT molecular complexity index is 730. The molecule has 1 aromatic rings. The lowest BCUT2D eigenvalue weighted by Crippen LogP contribution is -2.26. The first-order valence-electron chi connectivity index (χ1n) is 9.30. The molecule has 10 nitrogen and oxygen atoms in total. The van der Waals surface area contributed by atoms with Crippen LogP contribution in [0.15, 0.2) is 24.3 Å². The molecule has 0 aliphatic heterocycles. The van der Waals surface area contributed by atoms with E-state index in [0.29, 0.717) is 6.42 Å². The van der Waals surface area contributed by atoms with Crippen molar-refractivity contribution in [3.8, 4) is 0 Å². The van der Waals surface area contributed by atoms with Gasteiger partial charge >= 0.3 is 23.9 Å². The van der Waals surface area contributed by atoms with Gasteiger partial charge in [-0.05, 0) is 18.6 Å². The Hall–Kier alpha value is -2.98. The highest BCUT2D eigenvalue weighted by molar-refractivity contribution is 6.03. The summed E-state index contributed by atoms with van der Waals surface area (Å²) in [6.45, 7) is 0.594. The zero-order chi connectivity index (χ0) is 22.5. The van der Waals surface area contributed by atoms with Gasteiger partial charge in [0.2, 0.25) is 0 Å². The van der Waals surface area contributed by atoms with Gasteiger partial charge in [0, 0.05) is 0 Å². The van der Waals surface area contributed by atoms with Crippen molar-refractivity contribution >= 4 is 23.9 Å². The molecule has 0 aliphatic carbocycles. The number of hydrogen-bond acceptors (Lipinski definition) is 10. The molecule has 0 saturated heterocycles. The molecule has 0 heterocycles. The summed E-state index contributed by atoms with van der Waals surface area (Å²) in [4.78, 5) is 46.8. The number of esters is 4. The van der Waals surface area contributed by atoms with E-state index < -0.39 is 49.3 Å². The average molecular weight is 426 g/mol. The average Bonchev–Trinajstić information content (AvgIpc) is 2.77. The summed E-state index contributed by atoms with van der Waals surface area (Å²) in [6.07, 6.45) is -2.06. The van der Waals surface area contributed by atoms with Crippen molar-refractivity contribution in [2.45, 2.75) is 38.4 Å². The summed E-state index contributed by atoms with van der Waals surface area (Å²) in [7, 11) is 1.19. The van der Waals surface area contributed by atoms with E-state index >= 15 is 0 Å². The zero-order valence-electron chi connectivity index (χ0n) is 16.9. The second-order valence-electron chi connectivity index (χ2n) is 6.22. The Morgan fingerprint density at radius 3 is 1.77 bits per heavy atom. The Kier molecular flexibility index (Phi) is 11.1. The van der Waals surface area contributed by atoms with Crippen LogP contribution in [-0.4, -0.2) is 73.2 Å². The van der Waals surface area contributed by atoms with Crippen LogP contribution in [0.3, 0.4) is 0 Å². The predicted octanol–water partition coefficient (Wildman–Crippen LogP) is 0.628. The van der Waals surface area contributed by atoms with E-state index in [2.05, 4.69) is 4.74 Å². The standard InChI is InChI=1S/C20H26O10/c1-3-13(21)10-29-19(25)15-6-4-5-7-16(15)20(26)30-12-14(22)11-28-18(24)9-8-17(23)27-2/h4-7,13-14,21-22H,3,8-12H2,1-2H3. The number of aliphatic hydroxyl groups is 2. The third-order valence-electron chi connectivity index (χ3n) is 3.85. The Labute approximate surface area is 173 Å². The van der Waals surface area contributed by atoms with Crippen LogP contribution in [-0.2, 0) is 28.5 Å². The van der Waals surface area contributed by atoms with Crippen LogP contribution in [0.25, 0.3) is 0 Å². The minimum atomic E-state index is -1.30. The van der Waals surface area contributed by atoms with Crippen molar-refractivity contribution in [2.24, 2.45) is 0 Å². The van der Waals surface area contributed by atoms with Gasteiger partial charge in [0.05, 0.1) is 37.2 Å². The van der Waals surface area contributed by atoms with E-state index in [1.807, 2.05) is 0 Å². The van der Waals surface area contributed by atoms with Crippen LogP contribution in [0, 0.1) is 0 Å². The number of hydrogen-bond donors (Lipinski definition) is 2. The second kappa shape index (κ2) is 13.3. The molecule has 2 atom stereocenters. The normalized spacial score (nSPS) is 12.4. The van der Waals surface area contributed by atoms with Gasteiger partial charge in [0.1, 0.15) is 25.9 Å². The first-order chi connectivity index (χ1) is 14.3. The quantitative estimate of drug-likeness (QED) is 0.360. The fourth-order valence-corrected chi connectivity index (χ4v) is 2.07. The molecule has 0 saturated carbocycles. The van der Waals surface area contributed by atoms with Gasteiger partial charge in [-0.25, -0.2) is 9.59 Å². The lowest BCUT2D eigenvalue weighted by molar-refractivity contribution is -0.151. The molecule has 1 rings (SSSR count). The molecule has 30 heavy (non-hydrogen) atoms. The highest BCUT2D eigenvalue weighted by atomic mass is 16.6. The minimum Gasteiger partial charge on any atom is -0.469 e. The maximum Gasteiger partial charge on any atom is 0.339 e. The molecule has 0 fully saturated rings. The molecule has 10 heteroatoms. The molecule has 2 unspecified atom stereocenters. The van der Waals surface area contributed by atoms with Gasteiger partial charge in [-0.3, -0.25) is 9.59 Å². The molecule has 1 aromatic carbocycles. The molecule has 0 spiro atoms. The molecule has 2 N–H and O–H groups in total. The lowest BCUT2D eigenvalue weighted by Gasteiger charge is -2.14. The van der Waals surface area contributed by atoms with Gasteiger partial charge in [0.25, 0.3) is 0 Å². The smallest absolute Gasteiger partial charge is 0.339 e. The SMILES string of the molecule is CCC(O)COC(=O)c1ccccc1C(=O)OCC(O)COC(=O)CCC(=O)OC. The number of carbonyl (C=O) groups is 4. The van der Waals surface area contributed by atoms with Crippen molar-refractivity contribution in [2.75, 3.05) is 26.9 Å². The maximum atomic E-state index is 12.3. The van der Waals surface area contributed by atoms with Gasteiger partial charge in [-0.15, -0.1) is 0 Å². The first kappa shape index (κ1) is 25.1. The van der Waals surface area contributed by atoms with E-state index in [9.17, 15) is 29.4 Å². The summed E-state index contributed by atoms with van der Waals surface area (Å²) >= 11 is 0. The summed E-state index contributed by atoms with van der Waals surface area (Å²) < 4.78 is 19.1. The maximum absolute atomic E-state index is 12.3. The fourth-order valence-electron chi connectivity index (χ4n) is 2.07. The van der Waals surface area contributed by atoms with Crippen LogP contribution in [0.1, 0.15) is 46.9 Å². The molecular weight excluding hydrogens is 400 g/mol. The largest absolute Gasteiger partial charge is 0.469 e. The summed E-state index contributed by atoms with van der Waals surface area (Å²) in [5.41, 5.74) is -0.120. The highest BCUT2D eigenvalue weighted by Crippen LogP contribution is 2.13. The van der Waals surface area contributed by atoms with Crippen LogP contribution in [0.5, 0.6) is 0 Å². The summed E-state index contributed by atoms with van der Waals surface area (Å²) in [5.74, 6) is -2.96. The highest BCUT2D eigenvalue weighted by Gasteiger charge is 2.21. The van der Waals surface area contributed by atoms with E-state index in [4.69, 9.17) is 14.2 Å². The van der Waals surface area contributed by atoms with Crippen molar-refractivity contribution in [1.82, 2.24) is 0 Å². The number of methoxy groups -OCH3 is 1. The first-order valence-corrected chi connectivity index (χ1v) is 9.30. The number of carbonyl (C=O) groups excluding carboxylic acids is 4. The van der Waals surface area contributed by atoms with Crippen LogP contribution >= 0.6 is 0 Å². The van der Waals surface area contributed by atoms with Crippen molar-refractivity contribution in [3.63, 3.8) is 0 Å². The van der Waals surface area contributed by atoms with E-state index in [-0.39, 0.29) is 30.6 Å².